The van der Waals surface area contributed by atoms with E-state index >= 15 is 0 Å². The molecule has 1 spiro atoms. The van der Waals surface area contributed by atoms with Crippen LogP contribution in [0.15, 0.2) is 0 Å². The Morgan fingerprint density at radius 1 is 1.00 bits per heavy atom. The van der Waals surface area contributed by atoms with Gasteiger partial charge in [0.1, 0.15) is 0 Å². The van der Waals surface area contributed by atoms with Gasteiger partial charge in [-0.15, -0.1) is 0 Å². The monoisotopic (exact) mass is 364 g/mol. The van der Waals surface area contributed by atoms with Crippen molar-refractivity contribution < 1.29 is 24.9 Å². The van der Waals surface area contributed by atoms with Crippen molar-refractivity contribution in [3.05, 3.63) is 0 Å². The maximum absolute atomic E-state index is 12.1. The minimum absolute atomic E-state index is 0.0581. The van der Waals surface area contributed by atoms with Gasteiger partial charge >= 0.3 is 11.9 Å². The van der Waals surface area contributed by atoms with E-state index in [9.17, 15) is 24.9 Å². The fraction of sp³-hybridized carbons (Fsp3) is 0.905. The summed E-state index contributed by atoms with van der Waals surface area (Å²) in [4.78, 5) is 23.4. The van der Waals surface area contributed by atoms with Gasteiger partial charge in [-0.05, 0) is 86.4 Å². The molecule has 5 aliphatic rings. The summed E-state index contributed by atoms with van der Waals surface area (Å²) in [5, 5.41) is 30.5. The van der Waals surface area contributed by atoms with Crippen LogP contribution in [0.1, 0.15) is 71.6 Å². The van der Waals surface area contributed by atoms with Crippen molar-refractivity contribution in [1.82, 2.24) is 0 Å². The molecular formula is C21H32O5. The Morgan fingerprint density at radius 3 is 2.35 bits per heavy atom. The smallest absolute Gasteiger partial charge is 0.309 e. The fourth-order valence-electron chi connectivity index (χ4n) is 8.21. The third-order valence-corrected chi connectivity index (χ3v) is 9.38. The Labute approximate surface area is 155 Å². The normalized spacial score (nSPS) is 52.8. The number of rotatable bonds is 3. The summed E-state index contributed by atoms with van der Waals surface area (Å²) in [6.07, 6.45) is 6.89. The lowest BCUT2D eigenvalue weighted by molar-refractivity contribution is -0.245. The van der Waals surface area contributed by atoms with Crippen LogP contribution in [0.3, 0.4) is 0 Å². The first-order chi connectivity index (χ1) is 12.1. The molecule has 8 atom stereocenters. The number of carboxylic acids is 2. The molecule has 5 nitrogen and oxygen atoms in total. The van der Waals surface area contributed by atoms with E-state index in [1.165, 1.54) is 0 Å². The molecule has 0 aromatic carbocycles. The summed E-state index contributed by atoms with van der Waals surface area (Å²) < 4.78 is 0. The third-order valence-electron chi connectivity index (χ3n) is 9.38. The van der Waals surface area contributed by atoms with E-state index in [0.717, 1.165) is 51.4 Å². The summed E-state index contributed by atoms with van der Waals surface area (Å²) in [5.74, 6) is -0.873. The molecular weight excluding hydrogens is 332 g/mol. The molecule has 5 saturated carbocycles. The van der Waals surface area contributed by atoms with Crippen LogP contribution in [0.4, 0.5) is 0 Å². The van der Waals surface area contributed by atoms with Gasteiger partial charge in [-0.1, -0.05) is 13.3 Å². The summed E-state index contributed by atoms with van der Waals surface area (Å²) in [7, 11) is 0. The number of aliphatic carboxylic acids is 2. The fourth-order valence-corrected chi connectivity index (χ4v) is 8.21. The topological polar surface area (TPSA) is 94.8 Å². The summed E-state index contributed by atoms with van der Waals surface area (Å²) in [5.41, 5.74) is -0.926. The molecule has 5 fully saturated rings. The van der Waals surface area contributed by atoms with Crippen LogP contribution in [-0.4, -0.2) is 33.4 Å². The maximum atomic E-state index is 12.1. The third kappa shape index (κ3) is 2.18. The van der Waals surface area contributed by atoms with Crippen LogP contribution in [0, 0.1) is 39.9 Å². The average molecular weight is 364 g/mol. The first-order valence-corrected chi connectivity index (χ1v) is 10.3. The van der Waals surface area contributed by atoms with E-state index in [0.29, 0.717) is 5.92 Å². The van der Waals surface area contributed by atoms with E-state index in [2.05, 4.69) is 6.92 Å². The molecule has 2 bridgehead atoms. The van der Waals surface area contributed by atoms with Crippen molar-refractivity contribution in [3.63, 3.8) is 0 Å². The molecule has 146 valence electrons. The lowest BCUT2D eigenvalue weighted by atomic mass is 9.35. The molecule has 0 amide bonds. The van der Waals surface area contributed by atoms with Gasteiger partial charge in [0.15, 0.2) is 0 Å². The Hall–Kier alpha value is -1.10. The van der Waals surface area contributed by atoms with E-state index in [4.69, 9.17) is 0 Å². The highest BCUT2D eigenvalue weighted by Gasteiger charge is 2.68. The Balaban J connectivity index is 1.71. The number of aliphatic hydroxyl groups is 1. The van der Waals surface area contributed by atoms with Gasteiger partial charge in [-0.2, -0.15) is 0 Å². The quantitative estimate of drug-likeness (QED) is 0.712. The van der Waals surface area contributed by atoms with Crippen molar-refractivity contribution >= 4 is 11.9 Å². The van der Waals surface area contributed by atoms with E-state index < -0.39 is 23.5 Å². The zero-order valence-electron chi connectivity index (χ0n) is 15.9. The van der Waals surface area contributed by atoms with Crippen molar-refractivity contribution in [2.45, 2.75) is 77.7 Å². The van der Waals surface area contributed by atoms with Crippen LogP contribution in [0.5, 0.6) is 0 Å². The van der Waals surface area contributed by atoms with Gasteiger partial charge in [-0.3, -0.25) is 9.59 Å². The Morgan fingerprint density at radius 2 is 1.69 bits per heavy atom. The van der Waals surface area contributed by atoms with Crippen molar-refractivity contribution in [3.8, 4) is 0 Å². The van der Waals surface area contributed by atoms with Crippen LogP contribution < -0.4 is 0 Å². The SMILES string of the molecule is C[C@@]12CCC[C@@](C)(C(=O)O)[C@H]1CC[C@@]13CC[C@@H](C[C@@H]21)[C@H](CC(=O)O)[C@H]3O. The molecule has 0 saturated heterocycles. The molecule has 0 radical (unpaired) electrons. The van der Waals surface area contributed by atoms with Gasteiger partial charge in [-0.25, -0.2) is 0 Å². The molecule has 0 aliphatic heterocycles. The van der Waals surface area contributed by atoms with Gasteiger partial charge in [0, 0.05) is 0 Å². The predicted molar refractivity (Wildman–Crippen MR) is 95.4 cm³/mol. The lowest BCUT2D eigenvalue weighted by Crippen LogP contribution is -2.66. The molecule has 5 heteroatoms. The van der Waals surface area contributed by atoms with Gasteiger partial charge in [0.2, 0.25) is 0 Å². The number of aliphatic hydroxyl groups excluding tert-OH is 1. The molecule has 5 rings (SSSR count). The zero-order chi connectivity index (χ0) is 18.9. The highest BCUT2D eigenvalue weighted by Crippen LogP contribution is 2.72. The van der Waals surface area contributed by atoms with Crippen molar-refractivity contribution in [2.24, 2.45) is 39.9 Å². The summed E-state index contributed by atoms with van der Waals surface area (Å²) in [6, 6.07) is 0. The molecule has 0 aromatic heterocycles. The molecule has 3 N–H and O–H groups in total. The minimum atomic E-state index is -0.814. The van der Waals surface area contributed by atoms with E-state index in [1.807, 2.05) is 6.92 Å². The molecule has 0 heterocycles. The van der Waals surface area contributed by atoms with Crippen LogP contribution in [0.25, 0.3) is 0 Å². The molecule has 5 aliphatic carbocycles. The van der Waals surface area contributed by atoms with Crippen molar-refractivity contribution in [1.29, 1.82) is 0 Å². The van der Waals surface area contributed by atoms with E-state index in [-0.39, 0.29) is 35.0 Å². The standard InChI is InChI=1S/C21H32O5/c1-19-6-3-7-20(2,18(25)26)14(19)5-9-21-8-4-12(10-15(19)21)13(17(21)24)11-16(22)23/h12-15,17,24H,3-11H2,1-2H3,(H,22,23)(H,25,26)/t12-,13-,14-,15-,17+,19+,20+,21-/m0/s1. The molecule has 0 aromatic rings. The Bertz CT molecular complexity index is 632. The molecule has 26 heavy (non-hydrogen) atoms. The number of fused-ring (bicyclic) bond motifs is 3. The second-order valence-corrected chi connectivity index (χ2v) is 10.2. The van der Waals surface area contributed by atoms with Gasteiger partial charge < -0.3 is 15.3 Å². The zero-order valence-corrected chi connectivity index (χ0v) is 15.9. The molecule has 0 unspecified atom stereocenters. The number of carboxylic acid groups (broad SMARTS) is 2. The number of carbonyl (C=O) groups is 2. The van der Waals surface area contributed by atoms with Gasteiger partial charge in [0.25, 0.3) is 0 Å². The highest BCUT2D eigenvalue weighted by molar-refractivity contribution is 5.75. The highest BCUT2D eigenvalue weighted by atomic mass is 16.4. The Kier molecular flexibility index (Phi) is 4.00. The van der Waals surface area contributed by atoms with Crippen LogP contribution in [-0.2, 0) is 9.59 Å². The summed E-state index contributed by atoms with van der Waals surface area (Å²) >= 11 is 0. The van der Waals surface area contributed by atoms with E-state index in [1.54, 1.807) is 0 Å². The largest absolute Gasteiger partial charge is 0.481 e. The number of hydrogen-bond acceptors (Lipinski definition) is 3. The van der Waals surface area contributed by atoms with Gasteiger partial charge in [0.05, 0.1) is 17.9 Å². The average Bonchev–Trinajstić information content (AvgIpc) is 2.57. The second kappa shape index (κ2) is 5.70. The predicted octanol–water partition coefficient (Wildman–Crippen LogP) is 3.55. The maximum Gasteiger partial charge on any atom is 0.309 e. The summed E-state index contributed by atoms with van der Waals surface area (Å²) in [6.45, 7) is 4.21. The van der Waals surface area contributed by atoms with Crippen molar-refractivity contribution in [2.75, 3.05) is 0 Å². The van der Waals surface area contributed by atoms with Crippen LogP contribution in [0.2, 0.25) is 0 Å². The first kappa shape index (κ1) is 18.3. The lowest BCUT2D eigenvalue weighted by Gasteiger charge is -2.69. The number of hydrogen-bond donors (Lipinski definition) is 3. The first-order valence-electron chi connectivity index (χ1n) is 10.3. The second-order valence-electron chi connectivity index (χ2n) is 10.2. The minimum Gasteiger partial charge on any atom is -0.481 e. The van der Waals surface area contributed by atoms with Crippen LogP contribution >= 0.6 is 0 Å².